The normalized spacial score (nSPS) is 11.6. The first-order valence-corrected chi connectivity index (χ1v) is 8.15. The van der Waals surface area contributed by atoms with Crippen molar-refractivity contribution in [2.24, 2.45) is 5.14 Å². The quantitative estimate of drug-likeness (QED) is 0.497. The number of nitrogen functional groups attached to an aromatic ring is 1. The molecule has 0 fully saturated rings. The van der Waals surface area contributed by atoms with Gasteiger partial charge in [-0.3, -0.25) is 0 Å². The molecule has 20 heavy (non-hydrogen) atoms. The van der Waals surface area contributed by atoms with Gasteiger partial charge in [-0.15, -0.1) is 0 Å². The molecule has 1 rings (SSSR count). The lowest BCUT2D eigenvalue weighted by molar-refractivity contribution is 0.141. The molecular formula is C13H23N3O3S. The molecule has 114 valence electrons. The summed E-state index contributed by atoms with van der Waals surface area (Å²) in [6, 6.07) is 3.06. The van der Waals surface area contributed by atoms with Gasteiger partial charge in [0.2, 0.25) is 10.0 Å². The number of hydrogen-bond donors (Lipinski definition) is 3. The Labute approximate surface area is 120 Å². The average molecular weight is 301 g/mol. The van der Waals surface area contributed by atoms with Crippen molar-refractivity contribution >= 4 is 21.4 Å². The highest BCUT2D eigenvalue weighted by molar-refractivity contribution is 7.89. The first-order chi connectivity index (χ1) is 9.36. The monoisotopic (exact) mass is 301 g/mol. The molecule has 5 N–H and O–H groups in total. The molecule has 1 aromatic rings. The molecule has 0 aliphatic heterocycles. The van der Waals surface area contributed by atoms with Gasteiger partial charge in [-0.05, 0) is 31.0 Å². The lowest BCUT2D eigenvalue weighted by Gasteiger charge is -2.13. The zero-order valence-corrected chi connectivity index (χ0v) is 12.8. The average Bonchev–Trinajstić information content (AvgIpc) is 2.35. The van der Waals surface area contributed by atoms with Crippen molar-refractivity contribution in [3.05, 3.63) is 17.7 Å². The summed E-state index contributed by atoms with van der Waals surface area (Å²) < 4.78 is 28.4. The Morgan fingerprint density at radius 1 is 1.30 bits per heavy atom. The van der Waals surface area contributed by atoms with Gasteiger partial charge < -0.3 is 15.8 Å². The Balaban J connectivity index is 2.69. The minimum absolute atomic E-state index is 0.0481. The predicted octanol–water partition coefficient (Wildman–Crippen LogP) is 1.45. The number of rotatable bonds is 8. The van der Waals surface area contributed by atoms with Gasteiger partial charge in [-0.1, -0.05) is 13.3 Å². The van der Waals surface area contributed by atoms with E-state index >= 15 is 0 Å². The molecule has 0 atom stereocenters. The van der Waals surface area contributed by atoms with Crippen molar-refractivity contribution in [3.8, 4) is 0 Å². The molecule has 7 heteroatoms. The molecule has 0 heterocycles. The molecule has 0 aromatic heterocycles. The Morgan fingerprint density at radius 2 is 2.00 bits per heavy atom. The molecule has 1 aromatic carbocycles. The van der Waals surface area contributed by atoms with Crippen LogP contribution in [0.5, 0.6) is 0 Å². The summed E-state index contributed by atoms with van der Waals surface area (Å²) in [4.78, 5) is 0.0481. The SMILES string of the molecule is CCCCOCCNc1cc(N)cc(S(N)(=O)=O)c1C. The van der Waals surface area contributed by atoms with Crippen LogP contribution in [0.1, 0.15) is 25.3 Å². The van der Waals surface area contributed by atoms with Gasteiger partial charge in [0, 0.05) is 24.5 Å². The number of sulfonamides is 1. The molecule has 0 unspecified atom stereocenters. The van der Waals surface area contributed by atoms with Crippen LogP contribution >= 0.6 is 0 Å². The minimum Gasteiger partial charge on any atom is -0.399 e. The largest absolute Gasteiger partial charge is 0.399 e. The van der Waals surface area contributed by atoms with E-state index in [1.165, 1.54) is 6.07 Å². The number of ether oxygens (including phenoxy) is 1. The molecule has 0 saturated carbocycles. The van der Waals surface area contributed by atoms with Crippen LogP contribution in [-0.2, 0) is 14.8 Å². The highest BCUT2D eigenvalue weighted by Crippen LogP contribution is 2.25. The highest BCUT2D eigenvalue weighted by atomic mass is 32.2. The van der Waals surface area contributed by atoms with Crippen molar-refractivity contribution in [2.75, 3.05) is 30.8 Å². The second-order valence-corrected chi connectivity index (χ2v) is 6.16. The fourth-order valence-corrected chi connectivity index (χ4v) is 2.63. The van der Waals surface area contributed by atoms with Gasteiger partial charge in [0.25, 0.3) is 0 Å². The molecule has 0 radical (unpaired) electrons. The first kappa shape index (κ1) is 16.7. The summed E-state index contributed by atoms with van der Waals surface area (Å²) >= 11 is 0. The topological polar surface area (TPSA) is 107 Å². The zero-order chi connectivity index (χ0) is 15.2. The number of anilines is 2. The maximum Gasteiger partial charge on any atom is 0.238 e. The lowest BCUT2D eigenvalue weighted by atomic mass is 10.2. The van der Waals surface area contributed by atoms with E-state index in [0.717, 1.165) is 19.4 Å². The van der Waals surface area contributed by atoms with Gasteiger partial charge in [-0.2, -0.15) is 0 Å². The Kier molecular flexibility index (Phi) is 6.25. The van der Waals surface area contributed by atoms with E-state index in [-0.39, 0.29) is 4.90 Å². The van der Waals surface area contributed by atoms with Gasteiger partial charge in [0.15, 0.2) is 0 Å². The molecule has 0 spiro atoms. The molecule has 0 aliphatic carbocycles. The van der Waals surface area contributed by atoms with Crippen molar-refractivity contribution in [2.45, 2.75) is 31.6 Å². The minimum atomic E-state index is -3.77. The van der Waals surface area contributed by atoms with Crippen LogP contribution in [0, 0.1) is 6.92 Å². The maximum atomic E-state index is 11.5. The fourth-order valence-electron chi connectivity index (χ4n) is 1.79. The number of hydrogen-bond acceptors (Lipinski definition) is 5. The standard InChI is InChI=1S/C13H23N3O3S/c1-3-4-6-19-7-5-16-12-8-11(14)9-13(10(12)2)20(15,17)18/h8-9,16H,3-7,14H2,1-2H3,(H2,15,17,18). The van der Waals surface area contributed by atoms with Gasteiger partial charge in [0.1, 0.15) is 0 Å². The molecule has 0 saturated heterocycles. The predicted molar refractivity (Wildman–Crippen MR) is 81.2 cm³/mol. The van der Waals surface area contributed by atoms with Gasteiger partial charge in [0.05, 0.1) is 11.5 Å². The second-order valence-electron chi connectivity index (χ2n) is 4.63. The van der Waals surface area contributed by atoms with Crippen LogP contribution in [0.2, 0.25) is 0 Å². The summed E-state index contributed by atoms with van der Waals surface area (Å²) in [7, 11) is -3.77. The number of nitrogens with one attached hydrogen (secondary N) is 1. The number of nitrogens with two attached hydrogens (primary N) is 2. The third-order valence-corrected chi connectivity index (χ3v) is 3.93. The molecule has 0 amide bonds. The molecule has 0 aliphatic rings. The molecular weight excluding hydrogens is 278 g/mol. The second kappa shape index (κ2) is 7.47. The van der Waals surface area contributed by atoms with E-state index in [1.807, 2.05) is 0 Å². The van der Waals surface area contributed by atoms with E-state index in [9.17, 15) is 8.42 Å². The van der Waals surface area contributed by atoms with Crippen LogP contribution in [0.4, 0.5) is 11.4 Å². The number of benzene rings is 1. The van der Waals surface area contributed by atoms with Crippen molar-refractivity contribution in [1.29, 1.82) is 0 Å². The maximum absolute atomic E-state index is 11.5. The summed E-state index contributed by atoms with van der Waals surface area (Å²) in [6.45, 7) is 5.67. The highest BCUT2D eigenvalue weighted by Gasteiger charge is 2.15. The van der Waals surface area contributed by atoms with Crippen LogP contribution < -0.4 is 16.2 Å². The Bertz CT molecular complexity index is 544. The van der Waals surface area contributed by atoms with E-state index in [1.54, 1.807) is 13.0 Å². The fraction of sp³-hybridized carbons (Fsp3) is 0.538. The first-order valence-electron chi connectivity index (χ1n) is 6.60. The summed E-state index contributed by atoms with van der Waals surface area (Å²) in [6.07, 6.45) is 2.13. The van der Waals surface area contributed by atoms with E-state index in [4.69, 9.17) is 15.6 Å². The zero-order valence-electron chi connectivity index (χ0n) is 12.0. The Morgan fingerprint density at radius 3 is 2.60 bits per heavy atom. The van der Waals surface area contributed by atoms with Gasteiger partial charge >= 0.3 is 0 Å². The third-order valence-electron chi connectivity index (χ3n) is 2.89. The van der Waals surface area contributed by atoms with E-state index in [2.05, 4.69) is 12.2 Å². The van der Waals surface area contributed by atoms with Crippen molar-refractivity contribution < 1.29 is 13.2 Å². The third kappa shape index (κ3) is 4.99. The molecule has 6 nitrogen and oxygen atoms in total. The van der Waals surface area contributed by atoms with E-state index < -0.39 is 10.0 Å². The summed E-state index contributed by atoms with van der Waals surface area (Å²) in [5.41, 5.74) is 7.28. The smallest absolute Gasteiger partial charge is 0.238 e. The van der Waals surface area contributed by atoms with Crippen LogP contribution in [-0.4, -0.2) is 28.2 Å². The summed E-state index contributed by atoms with van der Waals surface area (Å²) in [5, 5.41) is 8.29. The van der Waals surface area contributed by atoms with Crippen LogP contribution in [0.15, 0.2) is 17.0 Å². The molecule has 0 bridgehead atoms. The van der Waals surface area contributed by atoms with Crippen LogP contribution in [0.3, 0.4) is 0 Å². The van der Waals surface area contributed by atoms with Crippen molar-refractivity contribution in [3.63, 3.8) is 0 Å². The van der Waals surface area contributed by atoms with Gasteiger partial charge in [-0.25, -0.2) is 13.6 Å². The van der Waals surface area contributed by atoms with Crippen molar-refractivity contribution in [1.82, 2.24) is 0 Å². The summed E-state index contributed by atoms with van der Waals surface area (Å²) in [5.74, 6) is 0. The Hall–Kier alpha value is -1.31. The van der Waals surface area contributed by atoms with E-state index in [0.29, 0.717) is 30.1 Å². The number of primary sulfonamides is 1. The van der Waals surface area contributed by atoms with Crippen LogP contribution in [0.25, 0.3) is 0 Å². The lowest BCUT2D eigenvalue weighted by Crippen LogP contribution is -2.16. The number of unbranched alkanes of at least 4 members (excludes halogenated alkanes) is 1.